The van der Waals surface area contributed by atoms with Crippen molar-refractivity contribution < 1.29 is 9.84 Å². The van der Waals surface area contributed by atoms with Crippen LogP contribution in [0.3, 0.4) is 0 Å². The summed E-state index contributed by atoms with van der Waals surface area (Å²) in [5.41, 5.74) is 1.15. The summed E-state index contributed by atoms with van der Waals surface area (Å²) < 4.78 is 5.48. The zero-order valence-electron chi connectivity index (χ0n) is 10.5. The summed E-state index contributed by atoms with van der Waals surface area (Å²) >= 11 is 1.80. The van der Waals surface area contributed by atoms with Crippen LogP contribution in [0.15, 0.2) is 30.3 Å². The van der Waals surface area contributed by atoms with Crippen molar-refractivity contribution >= 4 is 11.8 Å². The Hall–Kier alpha value is -0.510. The SMILES string of the molecule is CCCCSCC(O)COCc1ccccc1. The second-order valence-corrected chi connectivity index (χ2v) is 5.23. The third-order valence-electron chi connectivity index (χ3n) is 2.37. The van der Waals surface area contributed by atoms with Crippen LogP contribution in [0.2, 0.25) is 0 Å². The van der Waals surface area contributed by atoms with Crippen LogP contribution in [-0.4, -0.2) is 29.3 Å². The van der Waals surface area contributed by atoms with Gasteiger partial charge in [0.25, 0.3) is 0 Å². The van der Waals surface area contributed by atoms with Crippen LogP contribution in [0.5, 0.6) is 0 Å². The molecule has 1 N–H and O–H groups in total. The summed E-state index contributed by atoms with van der Waals surface area (Å²) in [6, 6.07) is 10.0. The first-order chi connectivity index (χ1) is 8.33. The third kappa shape index (κ3) is 7.42. The minimum Gasteiger partial charge on any atom is -0.390 e. The molecule has 3 heteroatoms. The molecule has 2 nitrogen and oxygen atoms in total. The van der Waals surface area contributed by atoms with Gasteiger partial charge in [-0.3, -0.25) is 0 Å². The monoisotopic (exact) mass is 254 g/mol. The van der Waals surface area contributed by atoms with E-state index in [0.717, 1.165) is 17.1 Å². The second kappa shape index (κ2) is 9.51. The van der Waals surface area contributed by atoms with Crippen molar-refractivity contribution in [3.63, 3.8) is 0 Å². The lowest BCUT2D eigenvalue weighted by Crippen LogP contribution is -2.18. The Bertz CT molecular complexity index is 277. The van der Waals surface area contributed by atoms with Crippen molar-refractivity contribution in [3.8, 4) is 0 Å². The van der Waals surface area contributed by atoms with Crippen molar-refractivity contribution in [2.24, 2.45) is 0 Å². The first kappa shape index (κ1) is 14.6. The van der Waals surface area contributed by atoms with E-state index in [0.29, 0.717) is 13.2 Å². The van der Waals surface area contributed by atoms with Gasteiger partial charge in [-0.2, -0.15) is 11.8 Å². The Kier molecular flexibility index (Phi) is 8.14. The Balaban J connectivity index is 2.02. The van der Waals surface area contributed by atoms with E-state index in [1.165, 1.54) is 12.8 Å². The first-order valence-corrected chi connectivity index (χ1v) is 7.36. The molecule has 0 spiro atoms. The number of benzene rings is 1. The fourth-order valence-corrected chi connectivity index (χ4v) is 2.43. The van der Waals surface area contributed by atoms with Crippen LogP contribution >= 0.6 is 11.8 Å². The fourth-order valence-electron chi connectivity index (χ4n) is 1.40. The Morgan fingerprint density at radius 2 is 2.06 bits per heavy atom. The Labute approximate surface area is 108 Å². The lowest BCUT2D eigenvalue weighted by molar-refractivity contribution is 0.0398. The summed E-state index contributed by atoms with van der Waals surface area (Å²) in [6.07, 6.45) is 2.09. The second-order valence-electron chi connectivity index (χ2n) is 4.08. The maximum absolute atomic E-state index is 9.68. The summed E-state index contributed by atoms with van der Waals surface area (Å²) in [7, 11) is 0. The highest BCUT2D eigenvalue weighted by molar-refractivity contribution is 7.99. The van der Waals surface area contributed by atoms with Gasteiger partial charge < -0.3 is 9.84 Å². The number of hydrogen-bond acceptors (Lipinski definition) is 3. The first-order valence-electron chi connectivity index (χ1n) is 6.20. The van der Waals surface area contributed by atoms with Crippen LogP contribution in [0.1, 0.15) is 25.3 Å². The van der Waals surface area contributed by atoms with Gasteiger partial charge in [-0.05, 0) is 17.7 Å². The molecule has 0 fully saturated rings. The largest absolute Gasteiger partial charge is 0.390 e. The highest BCUT2D eigenvalue weighted by Gasteiger charge is 2.04. The number of rotatable bonds is 9. The summed E-state index contributed by atoms with van der Waals surface area (Å²) in [5, 5.41) is 9.68. The molecule has 0 aliphatic carbocycles. The maximum Gasteiger partial charge on any atom is 0.0863 e. The van der Waals surface area contributed by atoms with Gasteiger partial charge >= 0.3 is 0 Å². The van der Waals surface area contributed by atoms with Crippen molar-refractivity contribution in [2.75, 3.05) is 18.1 Å². The minimum atomic E-state index is -0.347. The number of hydrogen-bond donors (Lipinski definition) is 1. The number of ether oxygens (including phenoxy) is 1. The summed E-state index contributed by atoms with van der Waals surface area (Å²) in [6.45, 7) is 3.19. The normalized spacial score (nSPS) is 12.6. The number of aliphatic hydroxyl groups excluding tert-OH is 1. The molecule has 1 aromatic carbocycles. The predicted molar refractivity (Wildman–Crippen MR) is 74.3 cm³/mol. The molecular weight excluding hydrogens is 232 g/mol. The van der Waals surface area contributed by atoms with Crippen molar-refractivity contribution in [1.82, 2.24) is 0 Å². The Morgan fingerprint density at radius 3 is 2.76 bits per heavy atom. The van der Waals surface area contributed by atoms with E-state index < -0.39 is 0 Å². The van der Waals surface area contributed by atoms with Crippen molar-refractivity contribution in [3.05, 3.63) is 35.9 Å². The van der Waals surface area contributed by atoms with E-state index >= 15 is 0 Å². The molecule has 1 rings (SSSR count). The van der Waals surface area contributed by atoms with E-state index in [2.05, 4.69) is 6.92 Å². The molecule has 0 aliphatic rings. The van der Waals surface area contributed by atoms with Gasteiger partial charge in [-0.1, -0.05) is 43.7 Å². The lowest BCUT2D eigenvalue weighted by Gasteiger charge is -2.10. The van der Waals surface area contributed by atoms with E-state index in [1.54, 1.807) is 11.8 Å². The van der Waals surface area contributed by atoms with Gasteiger partial charge in [0.2, 0.25) is 0 Å². The smallest absolute Gasteiger partial charge is 0.0863 e. The maximum atomic E-state index is 9.68. The zero-order valence-corrected chi connectivity index (χ0v) is 11.3. The standard InChI is InChI=1S/C14H22O2S/c1-2-3-9-17-12-14(15)11-16-10-13-7-5-4-6-8-13/h4-8,14-15H,2-3,9-12H2,1H3. The van der Waals surface area contributed by atoms with Gasteiger partial charge in [-0.15, -0.1) is 0 Å². The number of unbranched alkanes of at least 4 members (excludes halogenated alkanes) is 1. The topological polar surface area (TPSA) is 29.5 Å². The van der Waals surface area contributed by atoms with Crippen LogP contribution in [0.25, 0.3) is 0 Å². The molecule has 1 atom stereocenters. The minimum absolute atomic E-state index is 0.347. The molecule has 0 aromatic heterocycles. The summed E-state index contributed by atoms with van der Waals surface area (Å²) in [5.74, 6) is 1.90. The molecule has 0 amide bonds. The highest BCUT2D eigenvalue weighted by atomic mass is 32.2. The lowest BCUT2D eigenvalue weighted by atomic mass is 10.2. The van der Waals surface area contributed by atoms with Crippen LogP contribution in [0.4, 0.5) is 0 Å². The highest BCUT2D eigenvalue weighted by Crippen LogP contribution is 2.07. The molecule has 0 saturated heterocycles. The van der Waals surface area contributed by atoms with Crippen LogP contribution in [0, 0.1) is 0 Å². The number of aliphatic hydroxyl groups is 1. The van der Waals surface area contributed by atoms with Crippen molar-refractivity contribution in [2.45, 2.75) is 32.5 Å². The summed E-state index contributed by atoms with van der Waals surface area (Å²) in [4.78, 5) is 0. The van der Waals surface area contributed by atoms with E-state index in [-0.39, 0.29) is 6.10 Å². The van der Waals surface area contributed by atoms with Crippen molar-refractivity contribution in [1.29, 1.82) is 0 Å². The zero-order chi connectivity index (χ0) is 12.3. The molecule has 1 aromatic rings. The quantitative estimate of drug-likeness (QED) is 0.687. The van der Waals surface area contributed by atoms with E-state index in [1.807, 2.05) is 30.3 Å². The van der Waals surface area contributed by atoms with E-state index in [4.69, 9.17) is 4.74 Å². The molecule has 0 saturated carbocycles. The molecule has 1 unspecified atom stereocenters. The molecular formula is C14H22O2S. The fraction of sp³-hybridized carbons (Fsp3) is 0.571. The van der Waals surface area contributed by atoms with Gasteiger partial charge in [0, 0.05) is 5.75 Å². The van der Waals surface area contributed by atoms with Gasteiger partial charge in [-0.25, -0.2) is 0 Å². The van der Waals surface area contributed by atoms with E-state index in [9.17, 15) is 5.11 Å². The van der Waals surface area contributed by atoms with Gasteiger partial charge in [0.15, 0.2) is 0 Å². The van der Waals surface area contributed by atoms with Gasteiger partial charge in [0.05, 0.1) is 19.3 Å². The average molecular weight is 254 g/mol. The Morgan fingerprint density at radius 1 is 1.29 bits per heavy atom. The molecule has 17 heavy (non-hydrogen) atoms. The third-order valence-corrected chi connectivity index (χ3v) is 3.57. The molecule has 0 aliphatic heterocycles. The molecule has 0 heterocycles. The van der Waals surface area contributed by atoms with Crippen LogP contribution < -0.4 is 0 Å². The molecule has 96 valence electrons. The number of thioether (sulfide) groups is 1. The molecule has 0 bridgehead atoms. The molecule has 0 radical (unpaired) electrons. The average Bonchev–Trinajstić information content (AvgIpc) is 2.36. The predicted octanol–water partition coefficient (Wildman–Crippen LogP) is 3.10. The van der Waals surface area contributed by atoms with Crippen LogP contribution in [-0.2, 0) is 11.3 Å². The van der Waals surface area contributed by atoms with Gasteiger partial charge in [0.1, 0.15) is 0 Å².